The van der Waals surface area contributed by atoms with Gasteiger partial charge in [0.15, 0.2) is 16.4 Å². The molecular formula is C18H23F2NO7S2. The molecule has 1 saturated heterocycles. The fourth-order valence-electron chi connectivity index (χ4n) is 3.04. The second-order valence-electron chi connectivity index (χ2n) is 6.90. The standard InChI is InChI=1S/C18H23F2NO7S2/c1-2-3-9-21(14-8-10-29(24,25)12-14)16(22)11-28-17(23)13-4-6-15(7-5-13)30(26,27)18(19)20/h4-7,14,18H,2-3,8-12H2,1H3. The first-order valence-electron chi connectivity index (χ1n) is 9.27. The topological polar surface area (TPSA) is 115 Å². The first-order chi connectivity index (χ1) is 14.0. The van der Waals surface area contributed by atoms with Gasteiger partial charge in [-0.3, -0.25) is 4.79 Å². The van der Waals surface area contributed by atoms with Crippen LogP contribution in [0.15, 0.2) is 29.2 Å². The number of amides is 1. The van der Waals surface area contributed by atoms with Crippen LogP contribution in [-0.2, 0) is 29.2 Å². The highest BCUT2D eigenvalue weighted by Crippen LogP contribution is 2.20. The van der Waals surface area contributed by atoms with E-state index in [1.54, 1.807) is 0 Å². The number of carbonyl (C=O) groups is 2. The Morgan fingerprint density at radius 2 is 1.87 bits per heavy atom. The van der Waals surface area contributed by atoms with Gasteiger partial charge in [-0.15, -0.1) is 0 Å². The molecule has 1 unspecified atom stereocenters. The molecule has 30 heavy (non-hydrogen) atoms. The molecule has 0 radical (unpaired) electrons. The van der Waals surface area contributed by atoms with Crippen molar-refractivity contribution in [2.24, 2.45) is 0 Å². The predicted octanol–water partition coefficient (Wildman–Crippen LogP) is 1.66. The van der Waals surface area contributed by atoms with Gasteiger partial charge in [0, 0.05) is 12.6 Å². The second kappa shape index (κ2) is 9.82. The van der Waals surface area contributed by atoms with Gasteiger partial charge in [0.2, 0.25) is 9.84 Å². The van der Waals surface area contributed by atoms with Crippen LogP contribution in [0.25, 0.3) is 0 Å². The van der Waals surface area contributed by atoms with E-state index in [1.165, 1.54) is 4.90 Å². The molecule has 0 N–H and O–H groups in total. The lowest BCUT2D eigenvalue weighted by Crippen LogP contribution is -2.43. The molecule has 8 nitrogen and oxygen atoms in total. The number of esters is 1. The first-order valence-corrected chi connectivity index (χ1v) is 12.6. The number of benzene rings is 1. The van der Waals surface area contributed by atoms with Crippen molar-refractivity contribution in [1.29, 1.82) is 0 Å². The van der Waals surface area contributed by atoms with E-state index >= 15 is 0 Å². The quantitative estimate of drug-likeness (QED) is 0.507. The van der Waals surface area contributed by atoms with Crippen molar-refractivity contribution in [3.05, 3.63) is 29.8 Å². The number of rotatable bonds is 9. The molecule has 0 spiro atoms. The minimum atomic E-state index is -4.78. The minimum absolute atomic E-state index is 0.00122. The van der Waals surface area contributed by atoms with Crippen LogP contribution in [0.3, 0.4) is 0 Å². The fourth-order valence-corrected chi connectivity index (χ4v) is 5.49. The summed E-state index contributed by atoms with van der Waals surface area (Å²) in [7, 11) is -7.98. The van der Waals surface area contributed by atoms with E-state index < -0.39 is 54.9 Å². The summed E-state index contributed by atoms with van der Waals surface area (Å²) in [6.45, 7) is 1.65. The Balaban J connectivity index is 2.01. The van der Waals surface area contributed by atoms with E-state index in [4.69, 9.17) is 4.74 Å². The Morgan fingerprint density at radius 3 is 2.37 bits per heavy atom. The number of hydrogen-bond acceptors (Lipinski definition) is 7. The Bertz CT molecular complexity index is 976. The van der Waals surface area contributed by atoms with Crippen LogP contribution in [-0.4, -0.2) is 70.1 Å². The van der Waals surface area contributed by atoms with Gasteiger partial charge in [-0.1, -0.05) is 13.3 Å². The molecular weight excluding hydrogens is 444 g/mol. The Labute approximate surface area is 174 Å². The van der Waals surface area contributed by atoms with Gasteiger partial charge in [0.1, 0.15) is 0 Å². The lowest BCUT2D eigenvalue weighted by molar-refractivity contribution is -0.136. The summed E-state index contributed by atoms with van der Waals surface area (Å²) in [6.07, 6.45) is 1.78. The highest BCUT2D eigenvalue weighted by atomic mass is 32.2. The summed E-state index contributed by atoms with van der Waals surface area (Å²) in [5, 5.41) is 0. The first kappa shape index (κ1) is 24.2. The molecule has 12 heteroatoms. The summed E-state index contributed by atoms with van der Waals surface area (Å²) < 4.78 is 76.3. The maximum absolute atomic E-state index is 12.5. The van der Waals surface area contributed by atoms with Crippen molar-refractivity contribution < 1.29 is 39.9 Å². The van der Waals surface area contributed by atoms with E-state index in [2.05, 4.69) is 0 Å². The predicted molar refractivity (Wildman–Crippen MR) is 104 cm³/mol. The van der Waals surface area contributed by atoms with Gasteiger partial charge in [0.05, 0.1) is 22.0 Å². The molecule has 168 valence electrons. The zero-order valence-electron chi connectivity index (χ0n) is 16.3. The van der Waals surface area contributed by atoms with Crippen molar-refractivity contribution in [2.75, 3.05) is 24.7 Å². The molecule has 0 aromatic heterocycles. The molecule has 1 fully saturated rings. The zero-order chi connectivity index (χ0) is 22.5. The number of nitrogens with zero attached hydrogens (tertiary/aromatic N) is 1. The van der Waals surface area contributed by atoms with Crippen molar-refractivity contribution >= 4 is 31.6 Å². The lowest BCUT2D eigenvalue weighted by Gasteiger charge is -2.28. The molecule has 1 heterocycles. The van der Waals surface area contributed by atoms with Crippen LogP contribution in [0.1, 0.15) is 36.5 Å². The summed E-state index contributed by atoms with van der Waals surface area (Å²) >= 11 is 0. The molecule has 1 aromatic rings. The number of unbranched alkanes of at least 4 members (excludes halogenated alkanes) is 1. The minimum Gasteiger partial charge on any atom is -0.452 e. The van der Waals surface area contributed by atoms with Crippen molar-refractivity contribution in [3.63, 3.8) is 0 Å². The number of halogens is 2. The van der Waals surface area contributed by atoms with E-state index in [9.17, 15) is 35.2 Å². The SMILES string of the molecule is CCCCN(C(=O)COC(=O)c1ccc(S(=O)(=O)C(F)F)cc1)C1CCS(=O)(=O)C1. The monoisotopic (exact) mass is 467 g/mol. The van der Waals surface area contributed by atoms with Crippen molar-refractivity contribution in [1.82, 2.24) is 4.90 Å². The molecule has 0 saturated carbocycles. The molecule has 1 aliphatic heterocycles. The smallest absolute Gasteiger partial charge is 0.341 e. The molecule has 1 atom stereocenters. The normalized spacial score (nSPS) is 18.3. The van der Waals surface area contributed by atoms with E-state index in [0.29, 0.717) is 19.4 Å². The van der Waals surface area contributed by atoms with Crippen molar-refractivity contribution in [2.45, 2.75) is 42.9 Å². The van der Waals surface area contributed by atoms with Gasteiger partial charge in [-0.2, -0.15) is 8.78 Å². The van der Waals surface area contributed by atoms with Crippen LogP contribution < -0.4 is 0 Å². The summed E-state index contributed by atoms with van der Waals surface area (Å²) in [4.78, 5) is 25.4. The van der Waals surface area contributed by atoms with E-state index in [-0.39, 0.29) is 17.1 Å². The molecule has 0 aliphatic carbocycles. The molecule has 2 rings (SSSR count). The highest BCUT2D eigenvalue weighted by Gasteiger charge is 2.34. The van der Waals surface area contributed by atoms with E-state index in [1.807, 2.05) is 6.92 Å². The van der Waals surface area contributed by atoms with Crippen LogP contribution in [0.4, 0.5) is 8.78 Å². The van der Waals surface area contributed by atoms with E-state index in [0.717, 1.165) is 30.7 Å². The molecule has 1 amide bonds. The number of ether oxygens (including phenoxy) is 1. The van der Waals surface area contributed by atoms with Crippen LogP contribution >= 0.6 is 0 Å². The van der Waals surface area contributed by atoms with Gasteiger partial charge >= 0.3 is 11.7 Å². The van der Waals surface area contributed by atoms with Crippen LogP contribution in [0, 0.1) is 0 Å². The summed E-state index contributed by atoms with van der Waals surface area (Å²) in [5.41, 5.74) is -0.112. The second-order valence-corrected chi connectivity index (χ2v) is 11.1. The number of sulfone groups is 2. The maximum Gasteiger partial charge on any atom is 0.341 e. The number of carbonyl (C=O) groups excluding carboxylic acids is 2. The van der Waals surface area contributed by atoms with Crippen molar-refractivity contribution in [3.8, 4) is 0 Å². The maximum atomic E-state index is 12.5. The average molecular weight is 468 g/mol. The Morgan fingerprint density at radius 1 is 1.23 bits per heavy atom. The Hall–Kier alpha value is -2.08. The summed E-state index contributed by atoms with van der Waals surface area (Å²) in [5.74, 6) is -5.17. The molecule has 1 aliphatic rings. The largest absolute Gasteiger partial charge is 0.452 e. The number of alkyl halides is 2. The summed E-state index contributed by atoms with van der Waals surface area (Å²) in [6, 6.07) is 3.28. The lowest BCUT2D eigenvalue weighted by atomic mass is 10.2. The third-order valence-corrected chi connectivity index (χ3v) is 7.85. The number of hydrogen-bond donors (Lipinski definition) is 0. The average Bonchev–Trinajstić information content (AvgIpc) is 3.05. The van der Waals surface area contributed by atoms with Gasteiger partial charge in [-0.25, -0.2) is 21.6 Å². The fraction of sp³-hybridized carbons (Fsp3) is 0.556. The van der Waals surface area contributed by atoms with Gasteiger partial charge < -0.3 is 9.64 Å². The van der Waals surface area contributed by atoms with Crippen LogP contribution in [0.5, 0.6) is 0 Å². The Kier molecular flexibility index (Phi) is 7.92. The molecule has 0 bridgehead atoms. The third-order valence-electron chi connectivity index (χ3n) is 4.70. The molecule has 1 aromatic carbocycles. The zero-order valence-corrected chi connectivity index (χ0v) is 17.9. The highest BCUT2D eigenvalue weighted by molar-refractivity contribution is 7.92. The van der Waals surface area contributed by atoms with Crippen LogP contribution in [0.2, 0.25) is 0 Å². The van der Waals surface area contributed by atoms with Gasteiger partial charge in [0.25, 0.3) is 5.91 Å². The van der Waals surface area contributed by atoms with Gasteiger partial charge in [-0.05, 0) is 37.1 Å². The third kappa shape index (κ3) is 5.97.